The van der Waals surface area contributed by atoms with Gasteiger partial charge in [-0.1, -0.05) is 29.8 Å². The average Bonchev–Trinajstić information content (AvgIpc) is 3.32. The largest absolute Gasteiger partial charge is 0.497 e. The molecule has 3 aromatic rings. The number of Topliss-reactive ketones (excluding diaryl/α,β-unsaturated/α-hetero) is 1. The van der Waals surface area contributed by atoms with Gasteiger partial charge in [0.15, 0.2) is 17.4 Å². The Labute approximate surface area is 188 Å². The van der Waals surface area contributed by atoms with Gasteiger partial charge in [0.25, 0.3) is 0 Å². The van der Waals surface area contributed by atoms with Crippen LogP contribution in [0.5, 0.6) is 5.75 Å². The highest BCUT2D eigenvalue weighted by Crippen LogP contribution is 2.24. The fourth-order valence-corrected chi connectivity index (χ4v) is 4.03. The molecule has 4 rings (SSSR count). The zero-order valence-electron chi connectivity index (χ0n) is 18.5. The van der Waals surface area contributed by atoms with Gasteiger partial charge in [-0.3, -0.25) is 9.59 Å². The number of aromatic nitrogens is 1. The van der Waals surface area contributed by atoms with Gasteiger partial charge < -0.3 is 14.1 Å². The Hall–Kier alpha value is -3.41. The summed E-state index contributed by atoms with van der Waals surface area (Å²) in [6.45, 7) is 3.25. The minimum atomic E-state index is -0.0451. The van der Waals surface area contributed by atoms with Crippen LogP contribution in [0.1, 0.15) is 41.1 Å². The first-order chi connectivity index (χ1) is 15.5. The third kappa shape index (κ3) is 5.07. The molecule has 0 saturated carbocycles. The monoisotopic (exact) mass is 432 g/mol. The van der Waals surface area contributed by atoms with Crippen molar-refractivity contribution in [3.05, 3.63) is 71.7 Å². The summed E-state index contributed by atoms with van der Waals surface area (Å²) >= 11 is 0. The number of nitrogens with zero attached hydrogens (tertiary/aromatic N) is 2. The number of ether oxygens (including phenoxy) is 1. The number of hydrogen-bond acceptors (Lipinski definition) is 5. The number of ketones is 1. The Kier molecular flexibility index (Phi) is 6.69. The van der Waals surface area contributed by atoms with Crippen LogP contribution in [-0.2, 0) is 11.2 Å². The van der Waals surface area contributed by atoms with Gasteiger partial charge in [-0.15, -0.1) is 0 Å². The molecule has 1 aromatic heterocycles. The van der Waals surface area contributed by atoms with E-state index in [1.165, 1.54) is 5.56 Å². The first-order valence-electron chi connectivity index (χ1n) is 11.0. The number of benzene rings is 2. The van der Waals surface area contributed by atoms with Gasteiger partial charge in [-0.05, 0) is 44.0 Å². The second-order valence-electron chi connectivity index (χ2n) is 8.23. The van der Waals surface area contributed by atoms with Crippen molar-refractivity contribution >= 4 is 11.7 Å². The predicted octanol–water partition coefficient (Wildman–Crippen LogP) is 4.71. The molecule has 6 nitrogen and oxygen atoms in total. The molecule has 1 saturated heterocycles. The lowest BCUT2D eigenvalue weighted by molar-refractivity contribution is -0.132. The predicted molar refractivity (Wildman–Crippen MR) is 122 cm³/mol. The summed E-state index contributed by atoms with van der Waals surface area (Å²) in [6.07, 6.45) is 3.90. The summed E-state index contributed by atoms with van der Waals surface area (Å²) in [5.74, 6) is 2.19. The van der Waals surface area contributed by atoms with Crippen LogP contribution in [0.2, 0.25) is 0 Å². The fourth-order valence-electron chi connectivity index (χ4n) is 4.03. The molecule has 32 heavy (non-hydrogen) atoms. The summed E-state index contributed by atoms with van der Waals surface area (Å²) in [4.78, 5) is 31.6. The molecule has 166 valence electrons. The summed E-state index contributed by atoms with van der Waals surface area (Å²) in [7, 11) is 1.61. The number of methoxy groups -OCH3 is 1. The number of rotatable bonds is 7. The van der Waals surface area contributed by atoms with Gasteiger partial charge >= 0.3 is 0 Å². The highest BCUT2D eigenvalue weighted by atomic mass is 16.5. The van der Waals surface area contributed by atoms with Crippen LogP contribution in [0.15, 0.2) is 59.1 Å². The molecule has 1 fully saturated rings. The van der Waals surface area contributed by atoms with Gasteiger partial charge in [0, 0.05) is 43.0 Å². The molecule has 2 aromatic carbocycles. The van der Waals surface area contributed by atoms with E-state index < -0.39 is 0 Å². The number of carbonyl (C=O) groups excluding carboxylic acids is 2. The first kappa shape index (κ1) is 21.8. The maximum Gasteiger partial charge on any atom is 0.223 e. The highest BCUT2D eigenvalue weighted by Gasteiger charge is 2.28. The third-order valence-electron chi connectivity index (χ3n) is 6.04. The molecule has 0 unspecified atom stereocenters. The van der Waals surface area contributed by atoms with E-state index in [0.29, 0.717) is 56.0 Å². The number of hydrogen-bond donors (Lipinski definition) is 0. The number of aryl methyl sites for hydroxylation is 2. The lowest BCUT2D eigenvalue weighted by Gasteiger charge is -2.31. The van der Waals surface area contributed by atoms with Crippen molar-refractivity contribution in [2.24, 2.45) is 5.92 Å². The van der Waals surface area contributed by atoms with Crippen LogP contribution >= 0.6 is 0 Å². The maximum absolute atomic E-state index is 12.8. The van der Waals surface area contributed by atoms with E-state index in [0.717, 1.165) is 11.3 Å². The van der Waals surface area contributed by atoms with E-state index in [2.05, 4.69) is 4.98 Å². The van der Waals surface area contributed by atoms with Crippen molar-refractivity contribution in [3.63, 3.8) is 0 Å². The number of amides is 1. The van der Waals surface area contributed by atoms with E-state index in [4.69, 9.17) is 9.15 Å². The van der Waals surface area contributed by atoms with Crippen molar-refractivity contribution in [1.29, 1.82) is 0 Å². The molecule has 1 aliphatic heterocycles. The maximum atomic E-state index is 12.8. The van der Waals surface area contributed by atoms with Crippen LogP contribution in [-0.4, -0.2) is 41.8 Å². The Morgan fingerprint density at radius 3 is 2.41 bits per heavy atom. The van der Waals surface area contributed by atoms with Gasteiger partial charge in [-0.25, -0.2) is 4.98 Å². The Morgan fingerprint density at radius 2 is 1.75 bits per heavy atom. The van der Waals surface area contributed by atoms with E-state index in [-0.39, 0.29) is 17.6 Å². The fraction of sp³-hybridized carbons (Fsp3) is 0.346. The molecule has 0 bridgehead atoms. The molecule has 1 amide bonds. The summed E-state index contributed by atoms with van der Waals surface area (Å²) in [6, 6.07) is 15.3. The average molecular weight is 433 g/mol. The zero-order valence-corrected chi connectivity index (χ0v) is 18.5. The third-order valence-corrected chi connectivity index (χ3v) is 6.04. The van der Waals surface area contributed by atoms with Crippen LogP contribution < -0.4 is 4.74 Å². The quantitative estimate of drug-likeness (QED) is 0.506. The van der Waals surface area contributed by atoms with Crippen molar-refractivity contribution in [3.8, 4) is 17.1 Å². The Bertz CT molecular complexity index is 1060. The standard InChI is InChI=1S/C26H28N2O4/c1-18-3-5-19(6-4-18)23-17-27-24(32-23)11-12-25(29)28-15-13-21(14-16-28)26(30)20-7-9-22(31-2)10-8-20/h3-10,17,21H,11-16H2,1-2H3. The van der Waals surface area contributed by atoms with Crippen LogP contribution in [0.4, 0.5) is 0 Å². The molecule has 0 aliphatic carbocycles. The van der Waals surface area contributed by atoms with E-state index in [9.17, 15) is 9.59 Å². The van der Waals surface area contributed by atoms with Gasteiger partial charge in [0.1, 0.15) is 5.75 Å². The highest BCUT2D eigenvalue weighted by molar-refractivity contribution is 5.98. The van der Waals surface area contributed by atoms with Crippen molar-refractivity contribution in [1.82, 2.24) is 9.88 Å². The summed E-state index contributed by atoms with van der Waals surface area (Å²) in [5.41, 5.74) is 2.86. The normalized spacial score (nSPS) is 14.4. The second-order valence-corrected chi connectivity index (χ2v) is 8.23. The molecule has 0 N–H and O–H groups in total. The molecule has 1 aliphatic rings. The molecule has 6 heteroatoms. The van der Waals surface area contributed by atoms with Gasteiger partial charge in [0.05, 0.1) is 13.3 Å². The van der Waals surface area contributed by atoms with Crippen molar-refractivity contribution in [2.75, 3.05) is 20.2 Å². The van der Waals surface area contributed by atoms with Crippen LogP contribution in [0.3, 0.4) is 0 Å². The molecule has 0 spiro atoms. The molecular formula is C26H28N2O4. The van der Waals surface area contributed by atoms with E-state index in [1.807, 2.05) is 36.1 Å². The number of likely N-dealkylation sites (tertiary alicyclic amines) is 1. The van der Waals surface area contributed by atoms with E-state index in [1.54, 1.807) is 37.6 Å². The minimum Gasteiger partial charge on any atom is -0.497 e. The molecular weight excluding hydrogens is 404 g/mol. The molecule has 2 heterocycles. The molecule has 0 radical (unpaired) electrons. The number of piperidine rings is 1. The van der Waals surface area contributed by atoms with Gasteiger partial charge in [-0.2, -0.15) is 0 Å². The van der Waals surface area contributed by atoms with Gasteiger partial charge in [0.2, 0.25) is 5.91 Å². The number of oxazole rings is 1. The smallest absolute Gasteiger partial charge is 0.223 e. The SMILES string of the molecule is COc1ccc(C(=O)C2CCN(C(=O)CCc3ncc(-c4ccc(C)cc4)o3)CC2)cc1. The topological polar surface area (TPSA) is 72.6 Å². The Morgan fingerprint density at radius 1 is 1.06 bits per heavy atom. The van der Waals surface area contributed by atoms with Crippen molar-refractivity contribution in [2.45, 2.75) is 32.6 Å². The zero-order chi connectivity index (χ0) is 22.5. The minimum absolute atomic E-state index is 0.0451. The van der Waals surface area contributed by atoms with Crippen molar-refractivity contribution < 1.29 is 18.7 Å². The van der Waals surface area contributed by atoms with Crippen LogP contribution in [0, 0.1) is 12.8 Å². The summed E-state index contributed by atoms with van der Waals surface area (Å²) < 4.78 is 11.0. The Balaban J connectivity index is 1.26. The van der Waals surface area contributed by atoms with E-state index >= 15 is 0 Å². The lowest BCUT2D eigenvalue weighted by atomic mass is 9.88. The number of carbonyl (C=O) groups is 2. The molecule has 0 atom stereocenters. The van der Waals surface area contributed by atoms with Crippen LogP contribution in [0.25, 0.3) is 11.3 Å². The first-order valence-corrected chi connectivity index (χ1v) is 11.0. The summed E-state index contributed by atoms with van der Waals surface area (Å²) in [5, 5.41) is 0. The lowest BCUT2D eigenvalue weighted by Crippen LogP contribution is -2.40. The second kappa shape index (κ2) is 9.81.